The van der Waals surface area contributed by atoms with E-state index in [0.717, 1.165) is 30.1 Å². The van der Waals surface area contributed by atoms with Gasteiger partial charge in [0.2, 0.25) is 0 Å². The zero-order chi connectivity index (χ0) is 15.5. The van der Waals surface area contributed by atoms with Crippen molar-refractivity contribution in [3.8, 4) is 17.2 Å². The van der Waals surface area contributed by atoms with Crippen molar-refractivity contribution in [2.24, 2.45) is 0 Å². The van der Waals surface area contributed by atoms with Crippen LogP contribution in [-0.2, 0) is 12.8 Å². The second-order valence-corrected chi connectivity index (χ2v) is 5.69. The highest BCUT2D eigenvalue weighted by Crippen LogP contribution is 2.41. The normalized spacial score (nSPS) is 16.2. The van der Waals surface area contributed by atoms with Gasteiger partial charge in [-0.25, -0.2) is 0 Å². The van der Waals surface area contributed by atoms with E-state index in [-0.39, 0.29) is 0 Å². The van der Waals surface area contributed by atoms with Gasteiger partial charge in [0.1, 0.15) is 5.75 Å². The maximum Gasteiger partial charge on any atom is 0.161 e. The minimum atomic E-state index is 0.545. The van der Waals surface area contributed by atoms with E-state index in [4.69, 9.17) is 14.2 Å². The van der Waals surface area contributed by atoms with Crippen LogP contribution < -0.4 is 14.2 Å². The summed E-state index contributed by atoms with van der Waals surface area (Å²) in [6, 6.07) is 12.6. The van der Waals surface area contributed by atoms with Crippen molar-refractivity contribution >= 4 is 0 Å². The van der Waals surface area contributed by atoms with Gasteiger partial charge in [-0.1, -0.05) is 12.1 Å². The number of rotatable bonds is 5. The molecular formula is C19H22O3. The molecule has 0 saturated carbocycles. The van der Waals surface area contributed by atoms with Crippen molar-refractivity contribution in [3.63, 3.8) is 0 Å². The molecule has 2 aromatic rings. The summed E-state index contributed by atoms with van der Waals surface area (Å²) >= 11 is 0. The third-order valence-electron chi connectivity index (χ3n) is 4.49. The smallest absolute Gasteiger partial charge is 0.161 e. The number of hydrogen-bond donors (Lipinski definition) is 0. The van der Waals surface area contributed by atoms with E-state index >= 15 is 0 Å². The summed E-state index contributed by atoms with van der Waals surface area (Å²) in [7, 11) is 5.08. The van der Waals surface area contributed by atoms with Crippen LogP contribution in [0.15, 0.2) is 36.4 Å². The number of aryl methyl sites for hydroxylation is 1. The van der Waals surface area contributed by atoms with E-state index in [9.17, 15) is 0 Å². The first-order chi connectivity index (χ1) is 10.7. The van der Waals surface area contributed by atoms with Crippen LogP contribution in [0.3, 0.4) is 0 Å². The van der Waals surface area contributed by atoms with Crippen LogP contribution in [0.2, 0.25) is 0 Å². The standard InChI is InChI=1S/C19H22O3/c1-20-16-8-4-13(5-9-16)10-14-6-7-15-11-18(21-2)19(22-3)12-17(14)15/h4-5,8-9,11-12,14H,6-7,10H2,1-3H3/t14-/m0/s1. The molecule has 0 aromatic heterocycles. The quantitative estimate of drug-likeness (QED) is 0.835. The lowest BCUT2D eigenvalue weighted by Crippen LogP contribution is -2.00. The van der Waals surface area contributed by atoms with E-state index in [1.807, 2.05) is 12.1 Å². The molecule has 0 spiro atoms. The van der Waals surface area contributed by atoms with Crippen LogP contribution in [0.1, 0.15) is 29.0 Å². The van der Waals surface area contributed by atoms with Gasteiger partial charge < -0.3 is 14.2 Å². The molecule has 0 heterocycles. The molecular weight excluding hydrogens is 276 g/mol. The second-order valence-electron chi connectivity index (χ2n) is 5.69. The van der Waals surface area contributed by atoms with Crippen molar-refractivity contribution in [2.45, 2.75) is 25.2 Å². The molecule has 1 aliphatic rings. The molecule has 0 amide bonds. The molecule has 1 aliphatic carbocycles. The lowest BCUT2D eigenvalue weighted by Gasteiger charge is -2.15. The highest BCUT2D eigenvalue weighted by Gasteiger charge is 2.25. The molecule has 116 valence electrons. The topological polar surface area (TPSA) is 27.7 Å². The van der Waals surface area contributed by atoms with Crippen molar-refractivity contribution < 1.29 is 14.2 Å². The molecule has 22 heavy (non-hydrogen) atoms. The van der Waals surface area contributed by atoms with Gasteiger partial charge in [-0.2, -0.15) is 0 Å². The molecule has 2 aromatic carbocycles. The minimum absolute atomic E-state index is 0.545. The van der Waals surface area contributed by atoms with Gasteiger partial charge in [0.25, 0.3) is 0 Å². The fraction of sp³-hybridized carbons (Fsp3) is 0.368. The van der Waals surface area contributed by atoms with E-state index < -0.39 is 0 Å². The van der Waals surface area contributed by atoms with E-state index in [1.54, 1.807) is 21.3 Å². The number of fused-ring (bicyclic) bond motifs is 1. The first-order valence-electron chi connectivity index (χ1n) is 7.63. The maximum absolute atomic E-state index is 5.45. The summed E-state index contributed by atoms with van der Waals surface area (Å²) in [6.07, 6.45) is 3.33. The average molecular weight is 298 g/mol. The molecule has 1 atom stereocenters. The Morgan fingerprint density at radius 2 is 1.59 bits per heavy atom. The van der Waals surface area contributed by atoms with Gasteiger partial charge >= 0.3 is 0 Å². The largest absolute Gasteiger partial charge is 0.497 e. The molecule has 0 fully saturated rings. The fourth-order valence-corrected chi connectivity index (χ4v) is 3.28. The van der Waals surface area contributed by atoms with Gasteiger partial charge in [-0.3, -0.25) is 0 Å². The molecule has 0 saturated heterocycles. The lowest BCUT2D eigenvalue weighted by atomic mass is 9.93. The van der Waals surface area contributed by atoms with Crippen LogP contribution in [-0.4, -0.2) is 21.3 Å². The number of ether oxygens (including phenoxy) is 3. The molecule has 0 radical (unpaired) electrons. The highest BCUT2D eigenvalue weighted by atomic mass is 16.5. The molecule has 0 N–H and O–H groups in total. The molecule has 0 bridgehead atoms. The predicted octanol–water partition coefficient (Wildman–Crippen LogP) is 3.98. The first-order valence-corrected chi connectivity index (χ1v) is 7.63. The van der Waals surface area contributed by atoms with Crippen molar-refractivity contribution in [2.75, 3.05) is 21.3 Å². The summed E-state index contributed by atoms with van der Waals surface area (Å²) < 4.78 is 16.1. The molecule has 0 aliphatic heterocycles. The third-order valence-corrected chi connectivity index (χ3v) is 4.49. The molecule has 3 nitrogen and oxygen atoms in total. The summed E-state index contributed by atoms with van der Waals surface area (Å²) in [5, 5.41) is 0. The fourth-order valence-electron chi connectivity index (χ4n) is 3.28. The Morgan fingerprint density at radius 3 is 2.23 bits per heavy atom. The van der Waals surface area contributed by atoms with Crippen LogP contribution in [0.25, 0.3) is 0 Å². The van der Waals surface area contributed by atoms with Crippen molar-refractivity contribution in [1.29, 1.82) is 0 Å². The zero-order valence-corrected chi connectivity index (χ0v) is 13.4. The van der Waals surface area contributed by atoms with E-state index in [2.05, 4.69) is 24.3 Å². The Kier molecular flexibility index (Phi) is 4.23. The third kappa shape index (κ3) is 2.76. The van der Waals surface area contributed by atoms with Crippen molar-refractivity contribution in [3.05, 3.63) is 53.1 Å². The highest BCUT2D eigenvalue weighted by molar-refractivity contribution is 5.51. The molecule has 0 unspecified atom stereocenters. The van der Waals surface area contributed by atoms with Crippen LogP contribution in [0.4, 0.5) is 0 Å². The van der Waals surface area contributed by atoms with Gasteiger partial charge in [-0.15, -0.1) is 0 Å². The Morgan fingerprint density at radius 1 is 0.909 bits per heavy atom. The number of hydrogen-bond acceptors (Lipinski definition) is 3. The predicted molar refractivity (Wildman–Crippen MR) is 87.3 cm³/mol. The Balaban J connectivity index is 1.83. The number of benzene rings is 2. The SMILES string of the molecule is COc1ccc(C[C@@H]2CCc3cc(OC)c(OC)cc32)cc1. The van der Waals surface area contributed by atoms with Crippen LogP contribution in [0.5, 0.6) is 17.2 Å². The Labute approximate surface area is 131 Å². The lowest BCUT2D eigenvalue weighted by molar-refractivity contribution is 0.354. The van der Waals surface area contributed by atoms with Crippen molar-refractivity contribution in [1.82, 2.24) is 0 Å². The average Bonchev–Trinajstić information content (AvgIpc) is 2.96. The number of methoxy groups -OCH3 is 3. The monoisotopic (exact) mass is 298 g/mol. The molecule has 3 heteroatoms. The Hall–Kier alpha value is -2.16. The van der Waals surface area contributed by atoms with Crippen LogP contribution >= 0.6 is 0 Å². The van der Waals surface area contributed by atoms with Gasteiger partial charge in [0.15, 0.2) is 11.5 Å². The van der Waals surface area contributed by atoms with E-state index in [0.29, 0.717) is 5.92 Å². The van der Waals surface area contributed by atoms with Gasteiger partial charge in [0, 0.05) is 0 Å². The van der Waals surface area contributed by atoms with Gasteiger partial charge in [0.05, 0.1) is 21.3 Å². The zero-order valence-electron chi connectivity index (χ0n) is 13.4. The van der Waals surface area contributed by atoms with Gasteiger partial charge in [-0.05, 0) is 66.1 Å². The second kappa shape index (κ2) is 6.30. The summed E-state index contributed by atoms with van der Waals surface area (Å²) in [6.45, 7) is 0. The first kappa shape index (κ1) is 14.8. The molecule has 3 rings (SSSR count). The summed E-state index contributed by atoms with van der Waals surface area (Å²) in [4.78, 5) is 0. The van der Waals surface area contributed by atoms with E-state index in [1.165, 1.54) is 23.1 Å². The summed E-state index contributed by atoms with van der Waals surface area (Å²) in [5.41, 5.74) is 4.12. The maximum atomic E-state index is 5.45. The summed E-state index contributed by atoms with van der Waals surface area (Å²) in [5.74, 6) is 3.10. The Bertz CT molecular complexity index is 646. The minimum Gasteiger partial charge on any atom is -0.497 e. The van der Waals surface area contributed by atoms with Crippen LogP contribution in [0, 0.1) is 0 Å².